The molecule has 1 aliphatic carbocycles. The van der Waals surface area contributed by atoms with E-state index in [1.54, 1.807) is 38.1 Å². The molecule has 1 aromatic rings. The topological polar surface area (TPSA) is 78.8 Å². The molecular weight excluding hydrogens is 312 g/mol. The second-order valence-electron chi connectivity index (χ2n) is 5.95. The van der Waals surface area contributed by atoms with E-state index in [2.05, 4.69) is 21.8 Å². The third-order valence-corrected chi connectivity index (χ3v) is 5.40. The van der Waals surface area contributed by atoms with Gasteiger partial charge in [-0.15, -0.1) is 5.92 Å². The molecule has 23 heavy (non-hydrogen) atoms. The Bertz CT molecular complexity index is 757. The van der Waals surface area contributed by atoms with E-state index < -0.39 is 21.5 Å². The summed E-state index contributed by atoms with van der Waals surface area (Å²) in [5.41, 5.74) is 0.737. The van der Waals surface area contributed by atoms with Crippen molar-refractivity contribution < 1.29 is 13.5 Å². The van der Waals surface area contributed by atoms with Gasteiger partial charge in [-0.05, 0) is 52.2 Å². The Morgan fingerprint density at radius 3 is 2.61 bits per heavy atom. The van der Waals surface area contributed by atoms with Crippen molar-refractivity contribution in [2.24, 2.45) is 10.5 Å². The molecule has 6 heteroatoms. The summed E-state index contributed by atoms with van der Waals surface area (Å²) < 4.78 is 24.6. The number of hydrogen-bond donors (Lipinski definition) is 2. The van der Waals surface area contributed by atoms with E-state index >= 15 is 0 Å². The van der Waals surface area contributed by atoms with Crippen LogP contribution in [0.5, 0.6) is 0 Å². The van der Waals surface area contributed by atoms with Crippen LogP contribution in [0.4, 0.5) is 0 Å². The molecule has 2 atom stereocenters. The number of sulfonamides is 1. The van der Waals surface area contributed by atoms with Crippen LogP contribution in [-0.2, 0) is 10.0 Å². The van der Waals surface area contributed by atoms with Gasteiger partial charge in [-0.2, -0.15) is 13.5 Å². The summed E-state index contributed by atoms with van der Waals surface area (Å²) in [6, 6.07) is 6.55. The molecule has 1 saturated carbocycles. The number of aliphatic hydroxyl groups excluding tert-OH is 1. The Kier molecular flexibility index (Phi) is 5.12. The molecule has 2 N–H and O–H groups in total. The van der Waals surface area contributed by atoms with E-state index in [1.807, 2.05) is 6.92 Å². The van der Waals surface area contributed by atoms with Gasteiger partial charge in [-0.3, -0.25) is 0 Å². The fraction of sp³-hybridized carbons (Fsp3) is 0.471. The molecule has 0 amide bonds. The summed E-state index contributed by atoms with van der Waals surface area (Å²) in [4.78, 5) is 2.44. The summed E-state index contributed by atoms with van der Waals surface area (Å²) in [7, 11) is -3.73. The van der Waals surface area contributed by atoms with Crippen molar-refractivity contribution >= 4 is 15.7 Å². The minimum absolute atomic E-state index is 0.159. The predicted molar refractivity (Wildman–Crippen MR) is 90.4 cm³/mol. The number of nitrogens with one attached hydrogen (secondary N) is 1. The molecule has 0 aromatic heterocycles. The first kappa shape index (κ1) is 17.5. The zero-order valence-electron chi connectivity index (χ0n) is 13.6. The van der Waals surface area contributed by atoms with Gasteiger partial charge in [0.25, 0.3) is 10.0 Å². The van der Waals surface area contributed by atoms with Gasteiger partial charge in [-0.1, -0.05) is 23.6 Å². The van der Waals surface area contributed by atoms with Gasteiger partial charge >= 0.3 is 0 Å². The number of benzene rings is 1. The maximum Gasteiger partial charge on any atom is 0.276 e. The van der Waals surface area contributed by atoms with Gasteiger partial charge in [0, 0.05) is 0 Å². The highest BCUT2D eigenvalue weighted by molar-refractivity contribution is 7.89. The average Bonchev–Trinajstić information content (AvgIpc) is 2.50. The van der Waals surface area contributed by atoms with Crippen molar-refractivity contribution in [1.82, 2.24) is 4.83 Å². The quantitative estimate of drug-likeness (QED) is 0.657. The first-order chi connectivity index (χ1) is 10.8. The number of aryl methyl sites for hydroxylation is 1. The van der Waals surface area contributed by atoms with E-state index in [9.17, 15) is 13.5 Å². The normalized spacial score (nSPS) is 26.4. The zero-order chi connectivity index (χ0) is 17.1. The number of nitrogens with zero attached hydrogens (tertiary/aromatic N) is 1. The number of rotatable bonds is 3. The second-order valence-corrected chi connectivity index (χ2v) is 7.61. The highest BCUT2D eigenvalue weighted by Gasteiger charge is 2.40. The average molecular weight is 334 g/mol. The Balaban J connectivity index is 2.29. The van der Waals surface area contributed by atoms with Crippen molar-refractivity contribution in [3.63, 3.8) is 0 Å². The van der Waals surface area contributed by atoms with Crippen molar-refractivity contribution in [2.45, 2.75) is 51.0 Å². The van der Waals surface area contributed by atoms with Crippen molar-refractivity contribution in [3.8, 4) is 11.8 Å². The molecular formula is C17H22N2O3S. The maximum atomic E-state index is 12.3. The van der Waals surface area contributed by atoms with Crippen molar-refractivity contribution in [2.75, 3.05) is 0 Å². The summed E-state index contributed by atoms with van der Waals surface area (Å²) in [6.45, 7) is 5.38. The first-order valence-corrected chi connectivity index (χ1v) is 9.05. The van der Waals surface area contributed by atoms with Crippen LogP contribution in [0, 0.1) is 24.2 Å². The van der Waals surface area contributed by atoms with Crippen molar-refractivity contribution in [1.29, 1.82) is 0 Å². The Hall–Kier alpha value is -1.84. The molecule has 1 aromatic carbocycles. The molecule has 1 fully saturated rings. The van der Waals surface area contributed by atoms with Crippen LogP contribution in [0.25, 0.3) is 0 Å². The lowest BCUT2D eigenvalue weighted by molar-refractivity contribution is 0.0930. The van der Waals surface area contributed by atoms with E-state index in [-0.39, 0.29) is 4.90 Å². The lowest BCUT2D eigenvalue weighted by atomic mass is 9.72. The van der Waals surface area contributed by atoms with Crippen LogP contribution in [-0.4, -0.2) is 25.3 Å². The van der Waals surface area contributed by atoms with Crippen LogP contribution >= 0.6 is 0 Å². The second kappa shape index (κ2) is 6.73. The lowest BCUT2D eigenvalue weighted by Gasteiger charge is -2.35. The molecule has 0 radical (unpaired) electrons. The van der Waals surface area contributed by atoms with E-state index in [0.717, 1.165) is 12.0 Å². The smallest absolute Gasteiger partial charge is 0.276 e. The monoisotopic (exact) mass is 334 g/mol. The molecule has 124 valence electrons. The molecule has 0 heterocycles. The molecule has 2 rings (SSSR count). The fourth-order valence-electron chi connectivity index (χ4n) is 2.68. The molecule has 0 saturated heterocycles. The highest BCUT2D eigenvalue weighted by atomic mass is 32.2. The van der Waals surface area contributed by atoms with Gasteiger partial charge in [0.2, 0.25) is 0 Å². The van der Waals surface area contributed by atoms with Crippen LogP contribution in [0.2, 0.25) is 0 Å². The van der Waals surface area contributed by atoms with Gasteiger partial charge < -0.3 is 5.11 Å². The summed E-state index contributed by atoms with van der Waals surface area (Å²) >= 11 is 0. The van der Waals surface area contributed by atoms with Crippen molar-refractivity contribution in [3.05, 3.63) is 29.8 Å². The largest absolute Gasteiger partial charge is 0.391 e. The fourth-order valence-corrected chi connectivity index (χ4v) is 3.51. The van der Waals surface area contributed by atoms with Gasteiger partial charge in [0.15, 0.2) is 0 Å². The summed E-state index contributed by atoms with van der Waals surface area (Å²) in [5.74, 6) is 5.78. The van der Waals surface area contributed by atoms with Gasteiger partial charge in [0.05, 0.1) is 22.1 Å². The SMILES string of the molecule is CC#C[C@]1(C)/C(=N/NS(=O)(=O)c2ccc(C)cc2)CCC[C@@H]1O. The van der Waals surface area contributed by atoms with Crippen LogP contribution in [0.15, 0.2) is 34.3 Å². The van der Waals surface area contributed by atoms with Gasteiger partial charge in [0.1, 0.15) is 0 Å². The third-order valence-electron chi connectivity index (χ3n) is 4.17. The zero-order valence-corrected chi connectivity index (χ0v) is 14.4. The minimum atomic E-state index is -3.73. The molecule has 1 aliphatic rings. The molecule has 0 bridgehead atoms. The highest BCUT2D eigenvalue weighted by Crippen LogP contribution is 2.33. The lowest BCUT2D eigenvalue weighted by Crippen LogP contribution is -2.43. The molecule has 5 nitrogen and oxygen atoms in total. The molecule has 0 unspecified atom stereocenters. The van der Waals surface area contributed by atoms with Crippen LogP contribution in [0.3, 0.4) is 0 Å². The standard InChI is InChI=1S/C17H22N2O3S/c1-4-12-17(3)15(6-5-7-16(17)20)18-19-23(21,22)14-10-8-13(2)9-11-14/h8-11,16,19-20H,5-7H2,1-3H3/b18-15+/t16-,17+/m0/s1. The Morgan fingerprint density at radius 1 is 1.35 bits per heavy atom. The maximum absolute atomic E-state index is 12.3. The molecule has 0 spiro atoms. The number of hydrazone groups is 1. The summed E-state index contributed by atoms with van der Waals surface area (Å²) in [6.07, 6.45) is 1.35. The first-order valence-electron chi connectivity index (χ1n) is 7.57. The van der Waals surface area contributed by atoms with Crippen LogP contribution < -0.4 is 4.83 Å². The Morgan fingerprint density at radius 2 is 2.00 bits per heavy atom. The number of hydrogen-bond acceptors (Lipinski definition) is 4. The Labute approximate surface area is 137 Å². The van der Waals surface area contributed by atoms with Gasteiger partial charge in [-0.25, -0.2) is 4.83 Å². The van der Waals surface area contributed by atoms with E-state index in [1.165, 1.54) is 0 Å². The van der Waals surface area contributed by atoms with E-state index in [0.29, 0.717) is 18.6 Å². The summed E-state index contributed by atoms with van der Waals surface area (Å²) in [5, 5.41) is 14.3. The van der Waals surface area contributed by atoms with Crippen LogP contribution in [0.1, 0.15) is 38.7 Å². The number of aliphatic hydroxyl groups is 1. The van der Waals surface area contributed by atoms with E-state index in [4.69, 9.17) is 0 Å². The third kappa shape index (κ3) is 3.74. The molecule has 0 aliphatic heterocycles. The minimum Gasteiger partial charge on any atom is -0.391 e. The predicted octanol–water partition coefficient (Wildman–Crippen LogP) is 2.20.